The van der Waals surface area contributed by atoms with Crippen LogP contribution in [0.1, 0.15) is 17.5 Å². The van der Waals surface area contributed by atoms with Crippen LogP contribution in [0.5, 0.6) is 11.5 Å². The highest BCUT2D eigenvalue weighted by Gasteiger charge is 2.21. The molecule has 2 aromatic carbocycles. The lowest BCUT2D eigenvalue weighted by molar-refractivity contribution is -0.130. The van der Waals surface area contributed by atoms with Crippen molar-refractivity contribution in [2.24, 2.45) is 5.10 Å². The summed E-state index contributed by atoms with van der Waals surface area (Å²) in [6.07, 6.45) is 1.08. The van der Waals surface area contributed by atoms with Crippen molar-refractivity contribution in [3.8, 4) is 11.5 Å². The highest BCUT2D eigenvalue weighted by Crippen LogP contribution is 2.19. The number of methoxy groups -OCH3 is 2. The molecule has 0 atom stereocenters. The number of rotatable bonds is 5. The van der Waals surface area contributed by atoms with Crippen molar-refractivity contribution in [3.05, 3.63) is 59.7 Å². The molecule has 0 spiro atoms. The van der Waals surface area contributed by atoms with Crippen LogP contribution in [0.3, 0.4) is 0 Å². The van der Waals surface area contributed by atoms with Gasteiger partial charge in [-0.2, -0.15) is 5.10 Å². The van der Waals surface area contributed by atoms with E-state index in [-0.39, 0.29) is 5.91 Å². The van der Waals surface area contributed by atoms with Crippen LogP contribution in [0.2, 0.25) is 0 Å². The van der Waals surface area contributed by atoms with Gasteiger partial charge >= 0.3 is 0 Å². The summed E-state index contributed by atoms with van der Waals surface area (Å²) in [6.45, 7) is 0.615. The fourth-order valence-electron chi connectivity index (χ4n) is 2.67. The minimum absolute atomic E-state index is 0.00763. The van der Waals surface area contributed by atoms with E-state index in [0.29, 0.717) is 13.0 Å². The van der Waals surface area contributed by atoms with E-state index in [1.165, 1.54) is 0 Å². The SMILES string of the molecule is COc1ccc(C2=NN(C(=O)Cc3cccc(OC)c3)CC2)cc1. The third-order valence-electron chi connectivity index (χ3n) is 4.00. The van der Waals surface area contributed by atoms with Gasteiger partial charge in [-0.1, -0.05) is 12.1 Å². The summed E-state index contributed by atoms with van der Waals surface area (Å²) in [5.41, 5.74) is 2.87. The van der Waals surface area contributed by atoms with Crippen molar-refractivity contribution in [2.75, 3.05) is 20.8 Å². The van der Waals surface area contributed by atoms with Gasteiger partial charge in [-0.25, -0.2) is 5.01 Å². The molecule has 1 aliphatic rings. The lowest BCUT2D eigenvalue weighted by Crippen LogP contribution is -2.25. The minimum Gasteiger partial charge on any atom is -0.497 e. The van der Waals surface area contributed by atoms with Crippen molar-refractivity contribution < 1.29 is 14.3 Å². The van der Waals surface area contributed by atoms with Crippen molar-refractivity contribution in [1.29, 1.82) is 0 Å². The normalized spacial score (nSPS) is 13.6. The van der Waals surface area contributed by atoms with Crippen molar-refractivity contribution in [1.82, 2.24) is 5.01 Å². The molecule has 5 heteroatoms. The number of hydrogen-bond donors (Lipinski definition) is 0. The van der Waals surface area contributed by atoms with E-state index in [4.69, 9.17) is 9.47 Å². The van der Waals surface area contributed by atoms with Crippen LogP contribution in [0.15, 0.2) is 53.6 Å². The highest BCUT2D eigenvalue weighted by atomic mass is 16.5. The van der Waals surface area contributed by atoms with Gasteiger partial charge in [0.1, 0.15) is 11.5 Å². The third-order valence-corrected chi connectivity index (χ3v) is 4.00. The Morgan fingerprint density at radius 1 is 1.08 bits per heavy atom. The molecule has 0 fully saturated rings. The monoisotopic (exact) mass is 324 g/mol. The largest absolute Gasteiger partial charge is 0.497 e. The molecule has 0 aromatic heterocycles. The van der Waals surface area contributed by atoms with E-state index < -0.39 is 0 Å². The van der Waals surface area contributed by atoms with E-state index >= 15 is 0 Å². The summed E-state index contributed by atoms with van der Waals surface area (Å²) >= 11 is 0. The Morgan fingerprint density at radius 3 is 2.54 bits per heavy atom. The Morgan fingerprint density at radius 2 is 1.83 bits per heavy atom. The fourth-order valence-corrected chi connectivity index (χ4v) is 2.67. The van der Waals surface area contributed by atoms with E-state index in [9.17, 15) is 4.79 Å². The average molecular weight is 324 g/mol. The van der Waals surface area contributed by atoms with E-state index in [1.54, 1.807) is 19.2 Å². The number of hydrogen-bond acceptors (Lipinski definition) is 4. The molecule has 124 valence electrons. The number of carbonyl (C=O) groups excluding carboxylic acids is 1. The Kier molecular flexibility index (Phi) is 4.79. The molecule has 1 aliphatic heterocycles. The summed E-state index contributed by atoms with van der Waals surface area (Å²) < 4.78 is 10.4. The van der Waals surface area contributed by atoms with Gasteiger partial charge in [0.2, 0.25) is 5.91 Å². The smallest absolute Gasteiger partial charge is 0.247 e. The molecular weight excluding hydrogens is 304 g/mol. The number of nitrogens with zero attached hydrogens (tertiary/aromatic N) is 2. The maximum absolute atomic E-state index is 12.4. The molecule has 3 rings (SSSR count). The van der Waals surface area contributed by atoms with E-state index in [0.717, 1.165) is 34.8 Å². The predicted molar refractivity (Wildman–Crippen MR) is 92.6 cm³/mol. The molecule has 24 heavy (non-hydrogen) atoms. The Labute approximate surface area is 141 Å². The summed E-state index contributed by atoms with van der Waals surface area (Å²) in [6, 6.07) is 15.3. The first-order valence-corrected chi connectivity index (χ1v) is 7.85. The van der Waals surface area contributed by atoms with Gasteiger partial charge in [0.05, 0.1) is 32.9 Å². The van der Waals surface area contributed by atoms with Crippen LogP contribution in [0.25, 0.3) is 0 Å². The first-order chi connectivity index (χ1) is 11.7. The van der Waals surface area contributed by atoms with Crippen LogP contribution >= 0.6 is 0 Å². The average Bonchev–Trinajstić information content (AvgIpc) is 3.12. The molecule has 0 radical (unpaired) electrons. The molecular formula is C19H20N2O3. The van der Waals surface area contributed by atoms with Crippen molar-refractivity contribution in [2.45, 2.75) is 12.8 Å². The number of amides is 1. The lowest BCUT2D eigenvalue weighted by atomic mass is 10.1. The highest BCUT2D eigenvalue weighted by molar-refractivity contribution is 6.02. The summed E-state index contributed by atoms with van der Waals surface area (Å²) in [7, 11) is 3.26. The van der Waals surface area contributed by atoms with E-state index in [2.05, 4.69) is 5.10 Å². The van der Waals surface area contributed by atoms with Crippen LogP contribution < -0.4 is 9.47 Å². The number of hydrazone groups is 1. The van der Waals surface area contributed by atoms with E-state index in [1.807, 2.05) is 48.5 Å². The summed E-state index contributed by atoms with van der Waals surface area (Å²) in [5, 5.41) is 6.04. The Balaban J connectivity index is 1.68. The van der Waals surface area contributed by atoms with Gasteiger partial charge in [0, 0.05) is 6.42 Å². The third kappa shape index (κ3) is 3.56. The molecule has 2 aromatic rings. The molecule has 1 amide bonds. The molecule has 0 saturated heterocycles. The predicted octanol–water partition coefficient (Wildman–Crippen LogP) is 2.88. The van der Waals surface area contributed by atoms with Gasteiger partial charge in [-0.3, -0.25) is 4.79 Å². The van der Waals surface area contributed by atoms with Gasteiger partial charge in [-0.05, 0) is 47.5 Å². The number of ether oxygens (including phenoxy) is 2. The Bertz CT molecular complexity index is 753. The molecule has 0 aliphatic carbocycles. The van der Waals surface area contributed by atoms with Gasteiger partial charge in [0.15, 0.2) is 0 Å². The summed E-state index contributed by atoms with van der Waals surface area (Å²) in [4.78, 5) is 12.4. The zero-order valence-corrected chi connectivity index (χ0v) is 13.9. The molecule has 0 bridgehead atoms. The van der Waals surface area contributed by atoms with Crippen LogP contribution in [0, 0.1) is 0 Å². The topological polar surface area (TPSA) is 51.1 Å². The first-order valence-electron chi connectivity index (χ1n) is 7.85. The molecule has 1 heterocycles. The quantitative estimate of drug-likeness (QED) is 0.850. The fraction of sp³-hybridized carbons (Fsp3) is 0.263. The maximum Gasteiger partial charge on any atom is 0.247 e. The van der Waals surface area contributed by atoms with Crippen LogP contribution in [-0.2, 0) is 11.2 Å². The van der Waals surface area contributed by atoms with Gasteiger partial charge < -0.3 is 9.47 Å². The standard InChI is InChI=1S/C19H20N2O3/c1-23-16-8-6-15(7-9-16)18-10-11-21(20-18)19(22)13-14-4-3-5-17(12-14)24-2/h3-9,12H,10-11,13H2,1-2H3. The van der Waals surface area contributed by atoms with Crippen molar-refractivity contribution >= 4 is 11.6 Å². The zero-order valence-electron chi connectivity index (χ0n) is 13.9. The Hall–Kier alpha value is -2.82. The molecule has 0 N–H and O–H groups in total. The molecule has 0 saturated carbocycles. The zero-order chi connectivity index (χ0) is 16.9. The first kappa shape index (κ1) is 16.1. The second kappa shape index (κ2) is 7.17. The summed E-state index contributed by atoms with van der Waals surface area (Å²) in [5.74, 6) is 1.55. The molecule has 5 nitrogen and oxygen atoms in total. The maximum atomic E-state index is 12.4. The van der Waals surface area contributed by atoms with Gasteiger partial charge in [0.25, 0.3) is 0 Å². The number of carbonyl (C=O) groups is 1. The second-order valence-corrected chi connectivity index (χ2v) is 5.57. The van der Waals surface area contributed by atoms with Crippen LogP contribution in [-0.4, -0.2) is 37.4 Å². The minimum atomic E-state index is -0.00763. The lowest BCUT2D eigenvalue weighted by Gasteiger charge is -2.11. The molecule has 0 unspecified atom stereocenters. The number of benzene rings is 2. The van der Waals surface area contributed by atoms with Crippen molar-refractivity contribution in [3.63, 3.8) is 0 Å². The van der Waals surface area contributed by atoms with Gasteiger partial charge in [-0.15, -0.1) is 0 Å². The van der Waals surface area contributed by atoms with Crippen LogP contribution in [0.4, 0.5) is 0 Å². The second-order valence-electron chi connectivity index (χ2n) is 5.57.